The third kappa shape index (κ3) is 5.85. The molecule has 0 spiro atoms. The molecule has 0 aliphatic carbocycles. The molecule has 9 heteroatoms. The van der Waals surface area contributed by atoms with Crippen LogP contribution in [0.25, 0.3) is 0 Å². The highest BCUT2D eigenvalue weighted by molar-refractivity contribution is 6.04. The number of carbonyl (C=O) groups excluding carboxylic acids is 3. The van der Waals surface area contributed by atoms with Crippen LogP contribution in [0.5, 0.6) is 0 Å². The molecular weight excluding hydrogens is 436 g/mol. The fourth-order valence-electron chi connectivity index (χ4n) is 3.77. The van der Waals surface area contributed by atoms with Crippen molar-refractivity contribution in [1.82, 2.24) is 10.4 Å². The van der Waals surface area contributed by atoms with E-state index in [1.54, 1.807) is 50.5 Å². The number of para-hydroxylation sites is 2. The molecule has 0 fully saturated rings. The van der Waals surface area contributed by atoms with E-state index in [1.165, 1.54) is 4.90 Å². The zero-order valence-electron chi connectivity index (χ0n) is 20.0. The standard InChI is InChI=1S/C25H32N4O5/c1-5-6-15-28(24(32)34-25(2,3)4)23-22(31)26-19-9-7-8-10-20(19)29(23)16-17-11-13-18(14-12-17)21(30)27-33/h7-14,23,33H,5-6,15-16H2,1-4H3,(H,26,31)(H,27,30)/t23-/m0/s1. The Morgan fingerprint density at radius 2 is 1.82 bits per heavy atom. The number of hydrogen-bond acceptors (Lipinski definition) is 6. The number of unbranched alkanes of at least 4 members (excludes halogenated alkanes) is 1. The van der Waals surface area contributed by atoms with Crippen LogP contribution in [0.2, 0.25) is 0 Å². The van der Waals surface area contributed by atoms with Crippen molar-refractivity contribution in [3.8, 4) is 0 Å². The van der Waals surface area contributed by atoms with Crippen LogP contribution >= 0.6 is 0 Å². The van der Waals surface area contributed by atoms with E-state index in [0.29, 0.717) is 30.8 Å². The molecule has 2 aromatic carbocycles. The van der Waals surface area contributed by atoms with E-state index < -0.39 is 23.8 Å². The SMILES string of the molecule is CCCCN(C(=O)OC(C)(C)C)[C@@H]1C(=O)Nc2ccccc2N1Cc1ccc(C(=O)NO)cc1. The van der Waals surface area contributed by atoms with Gasteiger partial charge in [0.1, 0.15) is 5.60 Å². The minimum Gasteiger partial charge on any atom is -0.444 e. The quantitative estimate of drug-likeness (QED) is 0.416. The van der Waals surface area contributed by atoms with Crippen molar-refractivity contribution in [3.05, 3.63) is 59.7 Å². The summed E-state index contributed by atoms with van der Waals surface area (Å²) in [5.74, 6) is -0.931. The Hall–Kier alpha value is -3.59. The Morgan fingerprint density at radius 1 is 1.15 bits per heavy atom. The molecule has 182 valence electrons. The Bertz CT molecular complexity index is 1030. The van der Waals surface area contributed by atoms with Crippen LogP contribution in [-0.4, -0.2) is 46.3 Å². The average molecular weight is 469 g/mol. The average Bonchev–Trinajstić information content (AvgIpc) is 2.79. The zero-order valence-corrected chi connectivity index (χ0v) is 20.0. The van der Waals surface area contributed by atoms with E-state index in [-0.39, 0.29) is 5.91 Å². The number of fused-ring (bicyclic) bond motifs is 1. The molecule has 34 heavy (non-hydrogen) atoms. The van der Waals surface area contributed by atoms with E-state index in [9.17, 15) is 14.4 Å². The number of nitrogens with one attached hydrogen (secondary N) is 2. The van der Waals surface area contributed by atoms with Crippen molar-refractivity contribution < 1.29 is 24.3 Å². The first kappa shape index (κ1) is 25.0. The maximum Gasteiger partial charge on any atom is 0.412 e. The van der Waals surface area contributed by atoms with E-state index in [4.69, 9.17) is 9.94 Å². The molecule has 9 nitrogen and oxygen atoms in total. The van der Waals surface area contributed by atoms with Gasteiger partial charge in [-0.2, -0.15) is 0 Å². The lowest BCUT2D eigenvalue weighted by Gasteiger charge is -2.43. The molecule has 3 rings (SSSR count). The first-order valence-corrected chi connectivity index (χ1v) is 11.3. The second-order valence-corrected chi connectivity index (χ2v) is 9.17. The maximum atomic E-state index is 13.3. The van der Waals surface area contributed by atoms with Crippen molar-refractivity contribution in [1.29, 1.82) is 0 Å². The van der Waals surface area contributed by atoms with Gasteiger partial charge in [-0.25, -0.2) is 10.3 Å². The molecule has 0 aromatic heterocycles. The summed E-state index contributed by atoms with van der Waals surface area (Å²) >= 11 is 0. The number of hydroxylamine groups is 1. The van der Waals surface area contributed by atoms with Gasteiger partial charge in [-0.15, -0.1) is 0 Å². The molecule has 0 saturated heterocycles. The summed E-state index contributed by atoms with van der Waals surface area (Å²) in [6.07, 6.45) is 0.0828. The van der Waals surface area contributed by atoms with Crippen LogP contribution < -0.4 is 15.7 Å². The summed E-state index contributed by atoms with van der Waals surface area (Å²) in [5, 5.41) is 11.8. The van der Waals surface area contributed by atoms with Crippen LogP contribution in [0.1, 0.15) is 56.5 Å². The number of amides is 3. The van der Waals surface area contributed by atoms with Crippen LogP contribution in [-0.2, 0) is 16.1 Å². The third-order valence-corrected chi connectivity index (χ3v) is 5.35. The molecule has 1 aliphatic rings. The summed E-state index contributed by atoms with van der Waals surface area (Å²) in [6.45, 7) is 8.06. The van der Waals surface area contributed by atoms with E-state index in [1.807, 2.05) is 36.1 Å². The first-order chi connectivity index (χ1) is 16.1. The zero-order chi connectivity index (χ0) is 24.9. The van der Waals surface area contributed by atoms with Gasteiger partial charge in [-0.05, 0) is 57.0 Å². The highest BCUT2D eigenvalue weighted by atomic mass is 16.6. The van der Waals surface area contributed by atoms with Crippen molar-refractivity contribution >= 4 is 29.3 Å². The number of ether oxygens (including phenoxy) is 1. The number of hydrogen-bond donors (Lipinski definition) is 3. The lowest BCUT2D eigenvalue weighted by atomic mass is 10.1. The summed E-state index contributed by atoms with van der Waals surface area (Å²) in [6, 6.07) is 14.1. The second kappa shape index (κ2) is 10.6. The normalized spacial score (nSPS) is 15.3. The number of carbonyl (C=O) groups is 3. The van der Waals surface area contributed by atoms with Crippen molar-refractivity contribution in [3.63, 3.8) is 0 Å². The largest absolute Gasteiger partial charge is 0.444 e. The summed E-state index contributed by atoms with van der Waals surface area (Å²) in [4.78, 5) is 41.6. The maximum absolute atomic E-state index is 13.3. The van der Waals surface area contributed by atoms with Crippen molar-refractivity contribution in [2.75, 3.05) is 16.8 Å². The summed E-state index contributed by atoms with van der Waals surface area (Å²) in [7, 11) is 0. The fourth-order valence-corrected chi connectivity index (χ4v) is 3.77. The van der Waals surface area contributed by atoms with Crippen molar-refractivity contribution in [2.45, 2.75) is 58.8 Å². The number of anilines is 2. The third-order valence-electron chi connectivity index (χ3n) is 5.35. The summed E-state index contributed by atoms with van der Waals surface area (Å²) in [5.41, 5.74) is 3.45. The van der Waals surface area contributed by atoms with E-state index in [2.05, 4.69) is 5.32 Å². The highest BCUT2D eigenvalue weighted by Crippen LogP contribution is 2.35. The molecule has 0 unspecified atom stereocenters. The molecule has 1 aliphatic heterocycles. The minimum atomic E-state index is -0.920. The van der Waals surface area contributed by atoms with Gasteiger partial charge in [0.05, 0.1) is 11.4 Å². The number of nitrogens with zero attached hydrogens (tertiary/aromatic N) is 2. The van der Waals surface area contributed by atoms with Crippen LogP contribution in [0.3, 0.4) is 0 Å². The van der Waals surface area contributed by atoms with E-state index >= 15 is 0 Å². The molecule has 0 radical (unpaired) electrons. The Kier molecular flexibility index (Phi) is 7.78. The van der Waals surface area contributed by atoms with Gasteiger partial charge >= 0.3 is 6.09 Å². The second-order valence-electron chi connectivity index (χ2n) is 9.17. The molecule has 2 aromatic rings. The Labute approximate surface area is 199 Å². The molecular formula is C25H32N4O5. The van der Waals surface area contributed by atoms with Gasteiger partial charge in [-0.3, -0.25) is 19.7 Å². The predicted octanol–water partition coefficient (Wildman–Crippen LogP) is 4.13. The lowest BCUT2D eigenvalue weighted by Crippen LogP contribution is -2.60. The molecule has 1 atom stereocenters. The number of rotatable bonds is 7. The Balaban J connectivity index is 2.00. The Morgan fingerprint density at radius 3 is 2.44 bits per heavy atom. The first-order valence-electron chi connectivity index (χ1n) is 11.3. The molecule has 1 heterocycles. The topological polar surface area (TPSA) is 111 Å². The molecule has 3 amide bonds. The lowest BCUT2D eigenvalue weighted by molar-refractivity contribution is -0.121. The molecule has 0 saturated carbocycles. The number of benzene rings is 2. The van der Waals surface area contributed by atoms with Crippen LogP contribution in [0, 0.1) is 0 Å². The monoisotopic (exact) mass is 468 g/mol. The predicted molar refractivity (Wildman–Crippen MR) is 129 cm³/mol. The van der Waals surface area contributed by atoms with Gasteiger partial charge in [0.25, 0.3) is 11.8 Å². The fraction of sp³-hybridized carbons (Fsp3) is 0.400. The van der Waals surface area contributed by atoms with E-state index in [0.717, 1.165) is 17.7 Å². The minimum absolute atomic E-state index is 0.304. The van der Waals surface area contributed by atoms with Gasteiger partial charge in [-0.1, -0.05) is 37.6 Å². The van der Waals surface area contributed by atoms with Gasteiger partial charge < -0.3 is 15.0 Å². The molecule has 3 N–H and O–H groups in total. The van der Waals surface area contributed by atoms with Crippen LogP contribution in [0.4, 0.5) is 16.2 Å². The smallest absolute Gasteiger partial charge is 0.412 e. The highest BCUT2D eigenvalue weighted by Gasteiger charge is 2.40. The summed E-state index contributed by atoms with van der Waals surface area (Å²) < 4.78 is 5.65. The molecule has 0 bridgehead atoms. The van der Waals surface area contributed by atoms with Crippen LogP contribution in [0.15, 0.2) is 48.5 Å². The van der Waals surface area contributed by atoms with Gasteiger partial charge in [0.2, 0.25) is 0 Å². The van der Waals surface area contributed by atoms with Crippen molar-refractivity contribution in [2.24, 2.45) is 0 Å². The van der Waals surface area contributed by atoms with Gasteiger partial charge in [0.15, 0.2) is 6.17 Å². The van der Waals surface area contributed by atoms with Gasteiger partial charge in [0, 0.05) is 18.7 Å².